The molecule has 1 unspecified atom stereocenters. The van der Waals surface area contributed by atoms with Crippen LogP contribution in [0.4, 0.5) is 11.4 Å². The van der Waals surface area contributed by atoms with E-state index in [9.17, 15) is 14.9 Å². The van der Waals surface area contributed by atoms with Crippen LogP contribution in [0.1, 0.15) is 13.3 Å². The minimum atomic E-state index is -0.474. The first kappa shape index (κ1) is 12.8. The SMILES string of the molecule is CC1CN(c2ccc([N+](=O)[O-])cc2Cl)CCC1=O. The molecular formula is C12H13ClN2O3. The van der Waals surface area contributed by atoms with E-state index < -0.39 is 4.92 Å². The Labute approximate surface area is 109 Å². The standard InChI is InChI=1S/C12H13ClN2O3/c1-8-7-14(5-4-12(8)16)11-3-2-9(15(17)18)6-10(11)13/h2-3,6,8H,4-5,7H2,1H3. The number of nitrogens with zero attached hydrogens (tertiary/aromatic N) is 2. The fourth-order valence-electron chi connectivity index (χ4n) is 2.10. The number of carbonyl (C=O) groups excluding carboxylic acids is 1. The van der Waals surface area contributed by atoms with Crippen molar-refractivity contribution in [2.24, 2.45) is 5.92 Å². The molecule has 1 fully saturated rings. The van der Waals surface area contributed by atoms with Crippen LogP contribution in [0.25, 0.3) is 0 Å². The zero-order valence-electron chi connectivity index (χ0n) is 9.93. The number of hydrogen-bond donors (Lipinski definition) is 0. The molecule has 6 heteroatoms. The molecule has 96 valence electrons. The summed E-state index contributed by atoms with van der Waals surface area (Å²) in [7, 11) is 0. The Hall–Kier alpha value is -1.62. The lowest BCUT2D eigenvalue weighted by Gasteiger charge is -2.32. The number of ketones is 1. The van der Waals surface area contributed by atoms with E-state index in [1.54, 1.807) is 6.07 Å². The van der Waals surface area contributed by atoms with Crippen molar-refractivity contribution < 1.29 is 9.72 Å². The molecule has 0 aliphatic carbocycles. The van der Waals surface area contributed by atoms with E-state index in [4.69, 9.17) is 11.6 Å². The van der Waals surface area contributed by atoms with E-state index in [0.717, 1.165) is 5.69 Å². The Bertz CT molecular complexity index is 504. The molecule has 1 aromatic rings. The van der Waals surface area contributed by atoms with Crippen LogP contribution < -0.4 is 4.90 Å². The molecule has 0 saturated carbocycles. The third kappa shape index (κ3) is 2.46. The summed E-state index contributed by atoms with van der Waals surface area (Å²) in [5.74, 6) is 0.231. The Balaban J connectivity index is 2.24. The van der Waals surface area contributed by atoms with Gasteiger partial charge in [-0.15, -0.1) is 0 Å². The van der Waals surface area contributed by atoms with Crippen LogP contribution in [0.5, 0.6) is 0 Å². The smallest absolute Gasteiger partial charge is 0.271 e. The summed E-state index contributed by atoms with van der Waals surface area (Å²) in [6, 6.07) is 4.42. The van der Waals surface area contributed by atoms with Gasteiger partial charge in [0.15, 0.2) is 0 Å². The van der Waals surface area contributed by atoms with Crippen molar-refractivity contribution in [2.75, 3.05) is 18.0 Å². The number of halogens is 1. The number of hydrogen-bond acceptors (Lipinski definition) is 4. The maximum atomic E-state index is 11.5. The molecule has 0 bridgehead atoms. The molecule has 1 aliphatic rings. The Morgan fingerprint density at radius 3 is 2.78 bits per heavy atom. The number of rotatable bonds is 2. The Morgan fingerprint density at radius 1 is 1.50 bits per heavy atom. The van der Waals surface area contributed by atoms with E-state index in [0.29, 0.717) is 24.5 Å². The van der Waals surface area contributed by atoms with Gasteiger partial charge in [0.1, 0.15) is 5.78 Å². The number of carbonyl (C=O) groups is 1. The second-order valence-corrected chi connectivity index (χ2v) is 4.86. The highest BCUT2D eigenvalue weighted by Gasteiger charge is 2.25. The van der Waals surface area contributed by atoms with Crippen molar-refractivity contribution in [3.8, 4) is 0 Å². The zero-order chi connectivity index (χ0) is 13.3. The van der Waals surface area contributed by atoms with Crippen LogP contribution in [-0.2, 0) is 4.79 Å². The average molecular weight is 269 g/mol. The largest absolute Gasteiger partial charge is 0.369 e. The highest BCUT2D eigenvalue weighted by Crippen LogP contribution is 2.31. The molecule has 0 amide bonds. The predicted molar refractivity (Wildman–Crippen MR) is 69.1 cm³/mol. The number of non-ortho nitro benzene ring substituents is 1. The van der Waals surface area contributed by atoms with E-state index >= 15 is 0 Å². The first-order valence-corrected chi connectivity index (χ1v) is 6.08. The van der Waals surface area contributed by atoms with Crippen molar-refractivity contribution in [3.05, 3.63) is 33.3 Å². The van der Waals surface area contributed by atoms with Gasteiger partial charge < -0.3 is 4.90 Å². The molecule has 1 heterocycles. The summed E-state index contributed by atoms with van der Waals surface area (Å²) in [4.78, 5) is 23.6. The minimum absolute atomic E-state index is 0.0231. The molecule has 5 nitrogen and oxygen atoms in total. The summed E-state index contributed by atoms with van der Waals surface area (Å²) >= 11 is 6.06. The molecule has 2 rings (SSSR count). The number of Topliss-reactive ketones (excluding diaryl/α,β-unsaturated/α-hetero) is 1. The van der Waals surface area contributed by atoms with E-state index in [-0.39, 0.29) is 17.4 Å². The second-order valence-electron chi connectivity index (χ2n) is 4.46. The Morgan fingerprint density at radius 2 is 2.22 bits per heavy atom. The molecule has 18 heavy (non-hydrogen) atoms. The lowest BCUT2D eigenvalue weighted by molar-refractivity contribution is -0.384. The van der Waals surface area contributed by atoms with Crippen molar-refractivity contribution in [3.63, 3.8) is 0 Å². The number of nitro benzene ring substituents is 1. The van der Waals surface area contributed by atoms with Gasteiger partial charge >= 0.3 is 0 Å². The summed E-state index contributed by atoms with van der Waals surface area (Å²) in [6.45, 7) is 3.10. The minimum Gasteiger partial charge on any atom is -0.369 e. The van der Waals surface area contributed by atoms with Gasteiger partial charge in [-0.2, -0.15) is 0 Å². The zero-order valence-corrected chi connectivity index (χ0v) is 10.7. The molecule has 1 aromatic carbocycles. The average Bonchev–Trinajstić information content (AvgIpc) is 2.32. The second kappa shape index (κ2) is 4.94. The maximum Gasteiger partial charge on any atom is 0.271 e. The fraction of sp³-hybridized carbons (Fsp3) is 0.417. The summed E-state index contributed by atoms with van der Waals surface area (Å²) in [6.07, 6.45) is 0.495. The van der Waals surface area contributed by atoms with Gasteiger partial charge in [-0.25, -0.2) is 0 Å². The van der Waals surface area contributed by atoms with Crippen LogP contribution in [0.15, 0.2) is 18.2 Å². The first-order valence-electron chi connectivity index (χ1n) is 5.70. The van der Waals surface area contributed by atoms with Gasteiger partial charge in [0.05, 0.1) is 15.6 Å². The highest BCUT2D eigenvalue weighted by molar-refractivity contribution is 6.33. The third-order valence-corrected chi connectivity index (χ3v) is 3.46. The number of anilines is 1. The highest BCUT2D eigenvalue weighted by atomic mass is 35.5. The van der Waals surface area contributed by atoms with E-state index in [2.05, 4.69) is 0 Å². The lowest BCUT2D eigenvalue weighted by atomic mass is 9.98. The summed E-state index contributed by atoms with van der Waals surface area (Å²) < 4.78 is 0. The number of nitro groups is 1. The molecule has 0 radical (unpaired) electrons. The summed E-state index contributed by atoms with van der Waals surface area (Å²) in [5.41, 5.74) is 0.728. The van der Waals surface area contributed by atoms with Crippen molar-refractivity contribution in [1.29, 1.82) is 0 Å². The Kier molecular flexibility index (Phi) is 3.52. The van der Waals surface area contributed by atoms with Crippen molar-refractivity contribution in [1.82, 2.24) is 0 Å². The van der Waals surface area contributed by atoms with Crippen molar-refractivity contribution in [2.45, 2.75) is 13.3 Å². The van der Waals surface area contributed by atoms with Crippen LogP contribution in [-0.4, -0.2) is 23.8 Å². The quantitative estimate of drug-likeness (QED) is 0.611. The van der Waals surface area contributed by atoms with Gasteiger partial charge in [0.2, 0.25) is 0 Å². The molecule has 0 N–H and O–H groups in total. The fourth-order valence-corrected chi connectivity index (χ4v) is 2.39. The predicted octanol–water partition coefficient (Wildman–Crippen LogP) is 2.66. The molecule has 0 spiro atoms. The number of piperidine rings is 1. The summed E-state index contributed by atoms with van der Waals surface area (Å²) in [5, 5.41) is 11.0. The molecule has 0 aromatic heterocycles. The molecule has 1 atom stereocenters. The van der Waals surface area contributed by atoms with E-state index in [1.807, 2.05) is 11.8 Å². The molecule has 1 aliphatic heterocycles. The monoisotopic (exact) mass is 268 g/mol. The third-order valence-electron chi connectivity index (χ3n) is 3.15. The van der Waals surface area contributed by atoms with Gasteiger partial charge in [-0.05, 0) is 6.07 Å². The number of benzene rings is 1. The van der Waals surface area contributed by atoms with E-state index in [1.165, 1.54) is 12.1 Å². The van der Waals surface area contributed by atoms with Crippen LogP contribution in [0.3, 0.4) is 0 Å². The van der Waals surface area contributed by atoms with Crippen molar-refractivity contribution >= 4 is 28.8 Å². The molecule has 1 saturated heterocycles. The van der Waals surface area contributed by atoms with Gasteiger partial charge in [-0.1, -0.05) is 18.5 Å². The van der Waals surface area contributed by atoms with Gasteiger partial charge in [0, 0.05) is 37.6 Å². The molecular weight excluding hydrogens is 256 g/mol. The van der Waals surface area contributed by atoms with Crippen LogP contribution >= 0.6 is 11.6 Å². The maximum absolute atomic E-state index is 11.5. The normalized spacial score (nSPS) is 20.0. The van der Waals surface area contributed by atoms with Gasteiger partial charge in [0.25, 0.3) is 5.69 Å². The topological polar surface area (TPSA) is 63.4 Å². The lowest BCUT2D eigenvalue weighted by Crippen LogP contribution is -2.39. The van der Waals surface area contributed by atoms with Gasteiger partial charge in [-0.3, -0.25) is 14.9 Å². The van der Waals surface area contributed by atoms with Crippen LogP contribution in [0.2, 0.25) is 5.02 Å². The van der Waals surface area contributed by atoms with Crippen LogP contribution in [0, 0.1) is 16.0 Å². The first-order chi connectivity index (χ1) is 8.49.